The van der Waals surface area contributed by atoms with E-state index in [1.165, 1.54) is 13.0 Å². The van der Waals surface area contributed by atoms with Crippen LogP contribution >= 0.6 is 23.2 Å². The van der Waals surface area contributed by atoms with Crippen molar-refractivity contribution < 1.29 is 19.9 Å². The quantitative estimate of drug-likeness (QED) is 0.542. The number of nitro benzene ring substituents is 3. The molecule has 27 heavy (non-hydrogen) atoms. The number of phenolic OH excluding ortho intramolecular Hbond substituents is 1. The van der Waals surface area contributed by atoms with E-state index < -0.39 is 31.9 Å². The Labute approximate surface area is 162 Å². The monoisotopic (exact) mass is 417 g/mol. The number of aromatic hydroxyl groups is 1. The van der Waals surface area contributed by atoms with Crippen LogP contribution in [0.1, 0.15) is 16.7 Å². The van der Waals surface area contributed by atoms with Gasteiger partial charge in [0.2, 0.25) is 0 Å². The SMILES string of the molecule is Cc1cc([N+](=O)[O-])c(C)c(Cl)c1Cl.Cc1cc([N+](=O)[O-])cc([N+](=O)[O-])c1O. The minimum Gasteiger partial charge on any atom is -0.502 e. The molecule has 0 saturated carbocycles. The number of hydrogen-bond acceptors (Lipinski definition) is 7. The summed E-state index contributed by atoms with van der Waals surface area (Å²) in [5, 5.41) is 41.1. The Kier molecular flexibility index (Phi) is 7.03. The summed E-state index contributed by atoms with van der Waals surface area (Å²) in [5.41, 5.74) is 0.0627. The maximum Gasteiger partial charge on any atom is 0.317 e. The van der Waals surface area contributed by atoms with Gasteiger partial charge in [0.05, 0.1) is 30.9 Å². The zero-order valence-corrected chi connectivity index (χ0v) is 15.7. The molecular weight excluding hydrogens is 405 g/mol. The van der Waals surface area contributed by atoms with Crippen LogP contribution in [0.2, 0.25) is 10.0 Å². The van der Waals surface area contributed by atoms with Gasteiger partial charge >= 0.3 is 5.69 Å². The standard InChI is InChI=1S/C8H7Cl2NO2.C7H6N2O5/c1-4-3-6(11(12)13)5(2)8(10)7(4)9;1-4-2-5(8(11)12)3-6(7(4)10)9(13)14/h3H,1-2H3;2-3,10H,1H3. The third-order valence-electron chi connectivity index (χ3n) is 3.47. The number of benzene rings is 2. The number of rotatable bonds is 3. The van der Waals surface area contributed by atoms with Crippen LogP contribution in [0.3, 0.4) is 0 Å². The molecule has 144 valence electrons. The van der Waals surface area contributed by atoms with Crippen molar-refractivity contribution in [1.29, 1.82) is 0 Å². The Balaban J connectivity index is 0.000000271. The van der Waals surface area contributed by atoms with E-state index in [1.807, 2.05) is 0 Å². The number of aryl methyl sites for hydroxylation is 2. The Hall–Kier alpha value is -2.98. The molecule has 0 radical (unpaired) electrons. The van der Waals surface area contributed by atoms with E-state index in [4.69, 9.17) is 23.2 Å². The lowest BCUT2D eigenvalue weighted by molar-refractivity contribution is -0.394. The Morgan fingerprint density at radius 2 is 1.30 bits per heavy atom. The minimum absolute atomic E-state index is 0.00639. The minimum atomic E-state index is -0.866. The largest absolute Gasteiger partial charge is 0.502 e. The van der Waals surface area contributed by atoms with Crippen molar-refractivity contribution in [2.24, 2.45) is 0 Å². The van der Waals surface area contributed by atoms with Crippen molar-refractivity contribution in [2.75, 3.05) is 0 Å². The van der Waals surface area contributed by atoms with Gasteiger partial charge in [-0.3, -0.25) is 30.3 Å². The van der Waals surface area contributed by atoms with Gasteiger partial charge in [-0.15, -0.1) is 0 Å². The molecule has 0 amide bonds. The lowest BCUT2D eigenvalue weighted by Crippen LogP contribution is -1.94. The summed E-state index contributed by atoms with van der Waals surface area (Å²) in [4.78, 5) is 29.2. The number of nitrogens with zero attached hydrogens (tertiary/aromatic N) is 3. The lowest BCUT2D eigenvalue weighted by atomic mass is 10.1. The second kappa shape index (κ2) is 8.60. The fraction of sp³-hybridized carbons (Fsp3) is 0.200. The first-order valence-electron chi connectivity index (χ1n) is 7.10. The van der Waals surface area contributed by atoms with Crippen molar-refractivity contribution in [1.82, 2.24) is 0 Å². The molecule has 2 rings (SSSR count). The van der Waals surface area contributed by atoms with Gasteiger partial charge in [0, 0.05) is 23.3 Å². The molecule has 1 N–H and O–H groups in total. The number of hydrogen-bond donors (Lipinski definition) is 1. The second-order valence-corrected chi connectivity index (χ2v) is 6.12. The topological polar surface area (TPSA) is 150 Å². The Morgan fingerprint density at radius 3 is 1.74 bits per heavy atom. The second-order valence-electron chi connectivity index (χ2n) is 5.37. The van der Waals surface area contributed by atoms with Crippen LogP contribution in [0.15, 0.2) is 18.2 Å². The molecule has 10 nitrogen and oxygen atoms in total. The number of phenols is 1. The van der Waals surface area contributed by atoms with Gasteiger partial charge in [0.1, 0.15) is 0 Å². The lowest BCUT2D eigenvalue weighted by Gasteiger charge is -2.04. The van der Waals surface area contributed by atoms with Crippen LogP contribution in [0.4, 0.5) is 17.1 Å². The third kappa shape index (κ3) is 5.02. The van der Waals surface area contributed by atoms with Crippen LogP contribution < -0.4 is 0 Å². The van der Waals surface area contributed by atoms with E-state index in [9.17, 15) is 35.4 Å². The van der Waals surface area contributed by atoms with Crippen LogP contribution in [0.5, 0.6) is 5.75 Å². The molecule has 12 heteroatoms. The van der Waals surface area contributed by atoms with E-state index >= 15 is 0 Å². The molecule has 0 fully saturated rings. The smallest absolute Gasteiger partial charge is 0.317 e. The molecule has 0 aromatic heterocycles. The number of non-ortho nitro benzene ring substituents is 1. The summed E-state index contributed by atoms with van der Waals surface area (Å²) >= 11 is 11.6. The molecule has 2 aromatic rings. The normalized spacial score (nSPS) is 9.96. The molecule has 0 unspecified atom stereocenters. The fourth-order valence-corrected chi connectivity index (χ4v) is 2.45. The maximum atomic E-state index is 10.5. The van der Waals surface area contributed by atoms with Gasteiger partial charge in [-0.1, -0.05) is 23.2 Å². The first kappa shape index (κ1) is 22.1. The highest BCUT2D eigenvalue weighted by molar-refractivity contribution is 6.43. The zero-order valence-electron chi connectivity index (χ0n) is 14.2. The van der Waals surface area contributed by atoms with E-state index in [2.05, 4.69) is 0 Å². The predicted molar refractivity (Wildman–Crippen MR) is 98.7 cm³/mol. The first-order valence-corrected chi connectivity index (χ1v) is 7.86. The molecule has 0 saturated heterocycles. The van der Waals surface area contributed by atoms with Gasteiger partial charge in [-0.2, -0.15) is 0 Å². The fourth-order valence-electron chi connectivity index (χ4n) is 2.00. The average molecular weight is 418 g/mol. The molecule has 0 bridgehead atoms. The molecule has 0 atom stereocenters. The predicted octanol–water partition coefficient (Wildman–Crippen LogP) is 5.04. The van der Waals surface area contributed by atoms with Crippen molar-refractivity contribution in [2.45, 2.75) is 20.8 Å². The Bertz CT molecular complexity index is 948. The van der Waals surface area contributed by atoms with Crippen LogP contribution in [-0.2, 0) is 0 Å². The van der Waals surface area contributed by atoms with Crippen LogP contribution in [-0.4, -0.2) is 19.9 Å². The molecule has 0 aliphatic heterocycles. The summed E-state index contributed by atoms with van der Waals surface area (Å²) in [6.07, 6.45) is 0. The molecular formula is C15H13Cl2N3O7. The average Bonchev–Trinajstić information content (AvgIpc) is 2.58. The van der Waals surface area contributed by atoms with E-state index in [1.54, 1.807) is 13.8 Å². The number of halogens is 2. The van der Waals surface area contributed by atoms with E-state index in [0.29, 0.717) is 16.1 Å². The maximum absolute atomic E-state index is 10.5. The van der Waals surface area contributed by atoms with Crippen LogP contribution in [0, 0.1) is 51.1 Å². The summed E-state index contributed by atoms with van der Waals surface area (Å²) in [6.45, 7) is 4.61. The van der Waals surface area contributed by atoms with E-state index in [-0.39, 0.29) is 16.3 Å². The molecule has 0 heterocycles. The third-order valence-corrected chi connectivity index (χ3v) is 4.53. The molecule has 0 spiro atoms. The molecule has 2 aromatic carbocycles. The Morgan fingerprint density at radius 1 is 0.778 bits per heavy atom. The first-order chi connectivity index (χ1) is 12.4. The van der Waals surface area contributed by atoms with E-state index in [0.717, 1.165) is 12.1 Å². The van der Waals surface area contributed by atoms with Gasteiger partial charge in [-0.25, -0.2) is 0 Å². The summed E-state index contributed by atoms with van der Waals surface area (Å²) in [5.74, 6) is -0.541. The highest BCUT2D eigenvalue weighted by Crippen LogP contribution is 2.35. The van der Waals surface area contributed by atoms with Gasteiger partial charge < -0.3 is 5.11 Å². The number of nitro groups is 3. The van der Waals surface area contributed by atoms with Crippen molar-refractivity contribution in [3.05, 3.63) is 75.3 Å². The highest BCUT2D eigenvalue weighted by Gasteiger charge is 2.21. The highest BCUT2D eigenvalue weighted by atomic mass is 35.5. The van der Waals surface area contributed by atoms with Crippen molar-refractivity contribution in [3.63, 3.8) is 0 Å². The van der Waals surface area contributed by atoms with Gasteiger partial charge in [0.25, 0.3) is 11.4 Å². The summed E-state index contributed by atoms with van der Waals surface area (Å²) in [6, 6.07) is 3.22. The van der Waals surface area contributed by atoms with Crippen LogP contribution in [0.25, 0.3) is 0 Å². The zero-order chi connectivity index (χ0) is 21.0. The molecule has 0 aliphatic rings. The summed E-state index contributed by atoms with van der Waals surface area (Å²) < 4.78 is 0. The summed E-state index contributed by atoms with van der Waals surface area (Å²) in [7, 11) is 0. The van der Waals surface area contributed by atoms with Crippen molar-refractivity contribution in [3.8, 4) is 5.75 Å². The molecule has 0 aliphatic carbocycles. The van der Waals surface area contributed by atoms with Crippen molar-refractivity contribution >= 4 is 40.3 Å². The van der Waals surface area contributed by atoms with Gasteiger partial charge in [-0.05, 0) is 26.3 Å². The van der Waals surface area contributed by atoms with Gasteiger partial charge in [0.15, 0.2) is 5.75 Å².